The predicted octanol–water partition coefficient (Wildman–Crippen LogP) is 3.28. The van der Waals surface area contributed by atoms with E-state index in [1.165, 1.54) is 6.07 Å². The maximum absolute atomic E-state index is 14.5. The van der Waals surface area contributed by atoms with Crippen molar-refractivity contribution < 1.29 is 13.9 Å². The van der Waals surface area contributed by atoms with Crippen molar-refractivity contribution in [1.82, 2.24) is 19.8 Å². The molecule has 1 aliphatic rings. The summed E-state index contributed by atoms with van der Waals surface area (Å²) >= 11 is 0. The first-order chi connectivity index (χ1) is 14.8. The van der Waals surface area contributed by atoms with Gasteiger partial charge in [0, 0.05) is 65.3 Å². The van der Waals surface area contributed by atoms with Crippen molar-refractivity contribution in [3.63, 3.8) is 0 Å². The van der Waals surface area contributed by atoms with Crippen LogP contribution in [0.5, 0.6) is 0 Å². The zero-order chi connectivity index (χ0) is 22.5. The lowest BCUT2D eigenvalue weighted by molar-refractivity contribution is 0.167. The van der Waals surface area contributed by atoms with Crippen LogP contribution in [-0.4, -0.2) is 73.2 Å². The lowest BCUT2D eigenvalue weighted by atomic mass is 10.0. The highest BCUT2D eigenvalue weighted by atomic mass is 19.1. The highest BCUT2D eigenvalue weighted by molar-refractivity contribution is 5.74. The second-order valence-electron chi connectivity index (χ2n) is 8.34. The van der Waals surface area contributed by atoms with Crippen molar-refractivity contribution >= 4 is 11.8 Å². The van der Waals surface area contributed by atoms with E-state index >= 15 is 0 Å². The summed E-state index contributed by atoms with van der Waals surface area (Å²) in [4.78, 5) is 27.6. The third-order valence-corrected chi connectivity index (χ3v) is 5.44. The number of ether oxygens (including phenoxy) is 1. The van der Waals surface area contributed by atoms with Gasteiger partial charge < -0.3 is 19.4 Å². The molecule has 0 aliphatic carbocycles. The van der Waals surface area contributed by atoms with E-state index in [2.05, 4.69) is 18.7 Å². The first-order valence-corrected chi connectivity index (χ1v) is 10.6. The maximum atomic E-state index is 14.5. The van der Waals surface area contributed by atoms with Crippen LogP contribution in [0, 0.1) is 5.82 Å². The predicted molar refractivity (Wildman–Crippen MR) is 119 cm³/mol. The molecule has 0 unspecified atom stereocenters. The van der Waals surface area contributed by atoms with E-state index in [1.54, 1.807) is 38.2 Å². The molecule has 2 aromatic rings. The standard InChI is InChI=1S/C23H32FN5O2/c1-16(2)21-25-20(15-31-5)18(14-17-8-6-7-9-19(17)24)22(26-21)28-10-12-29(13-11-28)23(30)27(3)4/h6-9,16H,10-15H2,1-5H3. The third-order valence-electron chi connectivity index (χ3n) is 5.44. The largest absolute Gasteiger partial charge is 0.378 e. The normalized spacial score (nSPS) is 14.3. The van der Waals surface area contributed by atoms with Gasteiger partial charge in [-0.2, -0.15) is 0 Å². The number of piperazine rings is 1. The zero-order valence-electron chi connectivity index (χ0n) is 19.1. The van der Waals surface area contributed by atoms with E-state index in [-0.39, 0.29) is 17.8 Å². The average Bonchev–Trinajstić information content (AvgIpc) is 2.75. The summed E-state index contributed by atoms with van der Waals surface area (Å²) in [6.07, 6.45) is 0.385. The third kappa shape index (κ3) is 5.31. The Kier molecular flexibility index (Phi) is 7.43. The van der Waals surface area contributed by atoms with Gasteiger partial charge in [-0.1, -0.05) is 32.0 Å². The van der Waals surface area contributed by atoms with Gasteiger partial charge in [-0.25, -0.2) is 19.2 Å². The van der Waals surface area contributed by atoms with Crippen molar-refractivity contribution in [3.05, 3.63) is 52.7 Å². The Balaban J connectivity index is 1.99. The molecule has 0 radical (unpaired) electrons. The fourth-order valence-electron chi connectivity index (χ4n) is 3.72. The van der Waals surface area contributed by atoms with Gasteiger partial charge in [-0.05, 0) is 11.6 Å². The smallest absolute Gasteiger partial charge is 0.319 e. The van der Waals surface area contributed by atoms with E-state index in [0.717, 1.165) is 22.9 Å². The topological polar surface area (TPSA) is 61.8 Å². The summed E-state index contributed by atoms with van der Waals surface area (Å²) in [7, 11) is 5.16. The molecule has 1 aliphatic heterocycles. The van der Waals surface area contributed by atoms with E-state index in [0.29, 0.717) is 44.8 Å². The summed E-state index contributed by atoms with van der Waals surface area (Å²) in [5, 5.41) is 0. The number of benzene rings is 1. The van der Waals surface area contributed by atoms with Crippen molar-refractivity contribution in [1.29, 1.82) is 0 Å². The van der Waals surface area contributed by atoms with Gasteiger partial charge in [-0.15, -0.1) is 0 Å². The molecule has 2 heterocycles. The fraction of sp³-hybridized carbons (Fsp3) is 0.522. The number of hydrogen-bond acceptors (Lipinski definition) is 5. The first kappa shape index (κ1) is 22.9. The average molecular weight is 430 g/mol. The second kappa shape index (κ2) is 10.0. The van der Waals surface area contributed by atoms with Crippen LogP contribution in [0.4, 0.5) is 15.0 Å². The highest BCUT2D eigenvalue weighted by Crippen LogP contribution is 2.28. The quantitative estimate of drug-likeness (QED) is 0.705. The minimum atomic E-state index is -0.244. The van der Waals surface area contributed by atoms with Gasteiger partial charge in [0.05, 0.1) is 12.3 Å². The summed E-state index contributed by atoms with van der Waals surface area (Å²) in [6, 6.07) is 6.80. The van der Waals surface area contributed by atoms with Gasteiger partial charge in [-0.3, -0.25) is 0 Å². The molecule has 0 atom stereocenters. The molecular formula is C23H32FN5O2. The van der Waals surface area contributed by atoms with Gasteiger partial charge >= 0.3 is 6.03 Å². The number of carbonyl (C=O) groups is 1. The van der Waals surface area contributed by atoms with E-state index in [1.807, 2.05) is 11.0 Å². The second-order valence-corrected chi connectivity index (χ2v) is 8.34. The molecule has 0 saturated carbocycles. The van der Waals surface area contributed by atoms with E-state index in [9.17, 15) is 9.18 Å². The van der Waals surface area contributed by atoms with Crippen molar-refractivity contribution in [2.75, 3.05) is 52.3 Å². The Hall–Kier alpha value is -2.74. The molecule has 0 N–H and O–H groups in total. The van der Waals surface area contributed by atoms with Crippen molar-refractivity contribution in [2.24, 2.45) is 0 Å². The molecule has 2 amide bonds. The molecule has 1 saturated heterocycles. The SMILES string of the molecule is COCc1nc(C(C)C)nc(N2CCN(C(=O)N(C)C)CC2)c1Cc1ccccc1F. The Morgan fingerprint density at radius 3 is 2.42 bits per heavy atom. The Labute approximate surface area is 183 Å². The number of aromatic nitrogens is 2. The number of urea groups is 1. The minimum Gasteiger partial charge on any atom is -0.378 e. The molecule has 1 aromatic carbocycles. The monoisotopic (exact) mass is 429 g/mol. The van der Waals surface area contributed by atoms with Gasteiger partial charge in [0.1, 0.15) is 17.5 Å². The molecule has 0 bridgehead atoms. The highest BCUT2D eigenvalue weighted by Gasteiger charge is 2.27. The molecular weight excluding hydrogens is 397 g/mol. The number of amides is 2. The van der Waals surface area contributed by atoms with Crippen LogP contribution in [-0.2, 0) is 17.8 Å². The van der Waals surface area contributed by atoms with E-state index < -0.39 is 0 Å². The van der Waals surface area contributed by atoms with Gasteiger partial charge in [0.15, 0.2) is 0 Å². The molecule has 168 valence electrons. The number of nitrogens with zero attached hydrogens (tertiary/aromatic N) is 5. The molecule has 0 spiro atoms. The molecule has 3 rings (SSSR count). The summed E-state index contributed by atoms with van der Waals surface area (Å²) in [6.45, 7) is 6.97. The Morgan fingerprint density at radius 2 is 1.84 bits per heavy atom. The summed E-state index contributed by atoms with van der Waals surface area (Å²) < 4.78 is 19.9. The summed E-state index contributed by atoms with van der Waals surface area (Å²) in [5.74, 6) is 1.46. The number of carbonyl (C=O) groups excluding carboxylic acids is 1. The van der Waals surface area contributed by atoms with Gasteiger partial charge in [0.2, 0.25) is 0 Å². The van der Waals surface area contributed by atoms with Crippen LogP contribution in [0.2, 0.25) is 0 Å². The molecule has 8 heteroatoms. The first-order valence-electron chi connectivity index (χ1n) is 10.6. The van der Waals surface area contributed by atoms with Crippen LogP contribution in [0.3, 0.4) is 0 Å². The Morgan fingerprint density at radius 1 is 1.16 bits per heavy atom. The van der Waals surface area contributed by atoms with Crippen LogP contribution in [0.1, 0.15) is 42.4 Å². The Bertz CT molecular complexity index is 911. The number of rotatable bonds is 6. The number of anilines is 1. The molecule has 31 heavy (non-hydrogen) atoms. The summed E-state index contributed by atoms with van der Waals surface area (Å²) in [5.41, 5.74) is 2.26. The maximum Gasteiger partial charge on any atom is 0.319 e. The number of halogens is 1. The minimum absolute atomic E-state index is 0.0110. The van der Waals surface area contributed by atoms with Crippen molar-refractivity contribution in [2.45, 2.75) is 32.8 Å². The zero-order valence-corrected chi connectivity index (χ0v) is 19.1. The lowest BCUT2D eigenvalue weighted by Crippen LogP contribution is -2.52. The lowest BCUT2D eigenvalue weighted by Gasteiger charge is -2.37. The van der Waals surface area contributed by atoms with Crippen LogP contribution < -0.4 is 4.90 Å². The number of methoxy groups -OCH3 is 1. The van der Waals surface area contributed by atoms with E-state index in [4.69, 9.17) is 14.7 Å². The van der Waals surface area contributed by atoms with Crippen LogP contribution in [0.15, 0.2) is 24.3 Å². The molecule has 1 aromatic heterocycles. The molecule has 1 fully saturated rings. The van der Waals surface area contributed by atoms with Crippen LogP contribution >= 0.6 is 0 Å². The fourth-order valence-corrected chi connectivity index (χ4v) is 3.72. The van der Waals surface area contributed by atoms with Crippen molar-refractivity contribution in [3.8, 4) is 0 Å². The molecule has 7 nitrogen and oxygen atoms in total. The van der Waals surface area contributed by atoms with Crippen LogP contribution in [0.25, 0.3) is 0 Å². The van der Waals surface area contributed by atoms with Gasteiger partial charge in [0.25, 0.3) is 0 Å². The number of hydrogen-bond donors (Lipinski definition) is 0.